The predicted molar refractivity (Wildman–Crippen MR) is 171 cm³/mol. The van der Waals surface area contributed by atoms with Gasteiger partial charge in [0.15, 0.2) is 0 Å². The molecule has 0 saturated carbocycles. The van der Waals surface area contributed by atoms with E-state index in [1.165, 1.54) is 11.8 Å². The number of nitrogens with zero attached hydrogens (tertiary/aromatic N) is 4. The first-order valence-electron chi connectivity index (χ1n) is 15.0. The number of pyridine rings is 1. The minimum atomic E-state index is -2.41. The molecule has 7 heteroatoms. The number of benzene rings is 5. The van der Waals surface area contributed by atoms with Gasteiger partial charge in [-0.1, -0.05) is 66.2 Å². The zero-order valence-corrected chi connectivity index (χ0v) is 25.7. The molecule has 1 aliphatic rings. The van der Waals surface area contributed by atoms with Gasteiger partial charge in [-0.05, 0) is 46.8 Å². The Hall–Kier alpha value is -4.35. The number of para-hydroxylation sites is 3. The smallest absolute Gasteiger partial charge is 0.145 e. The average molecular weight is 760 g/mol. The molecular formula is C36H25N4OPtS-. The molecule has 1 aliphatic heterocycles. The van der Waals surface area contributed by atoms with Crippen molar-refractivity contribution >= 4 is 50.6 Å². The Balaban J connectivity index is 0.00000338. The largest absolute Gasteiger partial charge is 0.319 e. The summed E-state index contributed by atoms with van der Waals surface area (Å²) in [4.78, 5) is 11.0. The summed E-state index contributed by atoms with van der Waals surface area (Å²) in [5.41, 5.74) is 6.09. The third-order valence-electron chi connectivity index (χ3n) is 7.36. The van der Waals surface area contributed by atoms with Crippen LogP contribution in [0.5, 0.6) is 0 Å². The summed E-state index contributed by atoms with van der Waals surface area (Å²) in [5.74, 6) is 0.822. The maximum atomic E-state index is 7.96. The number of hydrogen-bond acceptors (Lipinski definition) is 4. The SMILES string of the molecule is [2H]C([2H])([2H])N1[OH+]N(c2[c-]c(Sc3[c-]c4c(cc3)c3ccccc3n4-c3cc(-c4ccccc4)ccn3)ccc2)c2ccccc21.[Pt]. The van der Waals surface area contributed by atoms with E-state index in [1.807, 2.05) is 72.9 Å². The zero-order chi connectivity index (χ0) is 30.5. The van der Waals surface area contributed by atoms with Crippen molar-refractivity contribution in [1.29, 1.82) is 0 Å². The molecule has 3 heterocycles. The monoisotopic (exact) mass is 759 g/mol. The van der Waals surface area contributed by atoms with E-state index in [0.29, 0.717) is 17.1 Å². The molecule has 0 fully saturated rings. The summed E-state index contributed by atoms with van der Waals surface area (Å²) in [6.07, 6.45) is 1.85. The van der Waals surface area contributed by atoms with E-state index in [2.05, 4.69) is 70.2 Å². The number of rotatable bonds is 5. The molecule has 0 unspecified atom stereocenters. The van der Waals surface area contributed by atoms with E-state index in [4.69, 9.17) is 9.10 Å². The molecule has 0 amide bonds. The molecule has 0 atom stereocenters. The summed E-state index contributed by atoms with van der Waals surface area (Å²) in [6, 6.07) is 47.2. The van der Waals surface area contributed by atoms with Gasteiger partial charge in [0.05, 0.1) is 11.1 Å². The van der Waals surface area contributed by atoms with Crippen molar-refractivity contribution in [1.82, 2.24) is 9.55 Å². The first-order valence-corrected chi connectivity index (χ1v) is 14.3. The molecule has 212 valence electrons. The van der Waals surface area contributed by atoms with Gasteiger partial charge < -0.3 is 4.57 Å². The molecule has 0 aliphatic carbocycles. The summed E-state index contributed by atoms with van der Waals surface area (Å²) in [6.45, 7) is -2.41. The average Bonchev–Trinajstić information content (AvgIpc) is 3.62. The summed E-state index contributed by atoms with van der Waals surface area (Å²) in [7, 11) is 0. The number of hydrogen-bond donors (Lipinski definition) is 0. The van der Waals surface area contributed by atoms with Crippen molar-refractivity contribution in [2.75, 3.05) is 17.1 Å². The molecule has 5 aromatic carbocycles. The van der Waals surface area contributed by atoms with E-state index in [-0.39, 0.29) is 21.1 Å². The molecular weight excluding hydrogens is 732 g/mol. The second kappa shape index (κ2) is 11.4. The van der Waals surface area contributed by atoms with Gasteiger partial charge in [0.2, 0.25) is 0 Å². The quantitative estimate of drug-likeness (QED) is 0.130. The van der Waals surface area contributed by atoms with Crippen molar-refractivity contribution < 1.29 is 30.1 Å². The molecule has 2 aromatic heterocycles. The van der Waals surface area contributed by atoms with Crippen LogP contribution in [0.25, 0.3) is 38.8 Å². The Labute approximate surface area is 272 Å². The van der Waals surface area contributed by atoms with Crippen LogP contribution < -0.4 is 10.1 Å². The normalized spacial score (nSPS) is 13.8. The van der Waals surface area contributed by atoms with Crippen LogP contribution in [-0.4, -0.2) is 21.5 Å². The Bertz CT molecular complexity index is 2210. The van der Waals surface area contributed by atoms with Gasteiger partial charge in [-0.2, -0.15) is 29.2 Å². The Morgan fingerprint density at radius 1 is 0.721 bits per heavy atom. The maximum absolute atomic E-state index is 7.96. The molecule has 0 radical (unpaired) electrons. The molecule has 5 nitrogen and oxygen atoms in total. The van der Waals surface area contributed by atoms with Gasteiger partial charge in [-0.3, -0.25) is 0 Å². The van der Waals surface area contributed by atoms with Crippen LogP contribution in [0.4, 0.5) is 17.1 Å². The van der Waals surface area contributed by atoms with Crippen LogP contribution in [0.2, 0.25) is 0 Å². The summed E-state index contributed by atoms with van der Waals surface area (Å²) < 4.78 is 26.0. The van der Waals surface area contributed by atoms with Gasteiger partial charge in [-0.15, -0.1) is 55.3 Å². The summed E-state index contributed by atoms with van der Waals surface area (Å²) >= 11 is 1.54. The minimum absolute atomic E-state index is 0. The molecule has 0 bridgehead atoms. The summed E-state index contributed by atoms with van der Waals surface area (Å²) in [5, 5.41) is 4.94. The fourth-order valence-electron chi connectivity index (χ4n) is 5.45. The Kier molecular flexibility index (Phi) is 6.39. The fraction of sp³-hybridized carbons (Fsp3) is 0.0278. The molecule has 0 spiro atoms. The van der Waals surface area contributed by atoms with Crippen molar-refractivity contribution in [3.63, 3.8) is 0 Å². The van der Waals surface area contributed by atoms with Crippen molar-refractivity contribution in [3.8, 4) is 16.9 Å². The van der Waals surface area contributed by atoms with Gasteiger partial charge in [0, 0.05) is 38.5 Å². The maximum Gasteiger partial charge on any atom is 0.145 e. The van der Waals surface area contributed by atoms with Crippen LogP contribution >= 0.6 is 11.8 Å². The Morgan fingerprint density at radius 3 is 2.40 bits per heavy atom. The standard InChI is InChI=1S/C36H24N4OS.Pt/c1-38-33-16-7-8-17-34(33)40(41-38)27-12-9-13-28(23-27)42-29-18-19-31-30-14-5-6-15-32(30)39(35(31)24-29)36-22-26(20-21-37-36)25-10-3-2-4-11-25;/h2-22H,1H3;/q-2;/p+1/i1D3;. The zero-order valence-electron chi connectivity index (χ0n) is 25.6. The second-order valence-corrected chi connectivity index (χ2v) is 11.0. The number of anilines is 3. The van der Waals surface area contributed by atoms with E-state index in [1.54, 1.807) is 11.1 Å². The van der Waals surface area contributed by atoms with E-state index >= 15 is 0 Å². The van der Waals surface area contributed by atoms with Crippen molar-refractivity contribution in [3.05, 3.63) is 140 Å². The van der Waals surface area contributed by atoms with Crippen molar-refractivity contribution in [2.24, 2.45) is 0 Å². The third kappa shape index (κ3) is 4.92. The molecule has 43 heavy (non-hydrogen) atoms. The van der Waals surface area contributed by atoms with Gasteiger partial charge in [-0.25, -0.2) is 4.98 Å². The molecule has 7 aromatic rings. The number of fused-ring (bicyclic) bond motifs is 4. The van der Waals surface area contributed by atoms with E-state index in [0.717, 1.165) is 53.6 Å². The topological polar surface area (TPSA) is 37.1 Å². The van der Waals surface area contributed by atoms with Gasteiger partial charge in [0.25, 0.3) is 0 Å². The third-order valence-corrected chi connectivity index (χ3v) is 8.27. The minimum Gasteiger partial charge on any atom is -0.319 e. The van der Waals surface area contributed by atoms with E-state index in [9.17, 15) is 0 Å². The molecule has 8 rings (SSSR count). The number of aromatic nitrogens is 2. The van der Waals surface area contributed by atoms with E-state index < -0.39 is 6.98 Å². The van der Waals surface area contributed by atoms with Gasteiger partial charge in [0.1, 0.15) is 17.2 Å². The second-order valence-electron chi connectivity index (χ2n) is 9.91. The van der Waals surface area contributed by atoms with Crippen LogP contribution in [0, 0.1) is 12.1 Å². The fourth-order valence-corrected chi connectivity index (χ4v) is 6.27. The number of hydroxylamine groups is 1. The predicted octanol–water partition coefficient (Wildman–Crippen LogP) is 9.02. The Morgan fingerprint density at radius 2 is 1.51 bits per heavy atom. The first kappa shape index (κ1) is 24.1. The molecule has 0 saturated heterocycles. The first-order chi connectivity index (χ1) is 21.9. The van der Waals surface area contributed by atoms with Crippen LogP contribution in [0.3, 0.4) is 0 Å². The van der Waals surface area contributed by atoms with Gasteiger partial charge >= 0.3 is 0 Å². The van der Waals surface area contributed by atoms with Crippen LogP contribution in [0.1, 0.15) is 4.11 Å². The van der Waals surface area contributed by atoms with Crippen LogP contribution in [0.15, 0.2) is 137 Å². The van der Waals surface area contributed by atoms with Crippen molar-refractivity contribution in [2.45, 2.75) is 9.79 Å². The van der Waals surface area contributed by atoms with Crippen LogP contribution in [-0.2, 0) is 21.1 Å². The molecule has 1 N–H and O–H groups in total.